The van der Waals surface area contributed by atoms with Crippen LogP contribution in [0.5, 0.6) is 0 Å². The van der Waals surface area contributed by atoms with E-state index in [9.17, 15) is 10.1 Å². The van der Waals surface area contributed by atoms with Gasteiger partial charge in [-0.2, -0.15) is 0 Å². The molecule has 0 radical (unpaired) electrons. The standard InChI is InChI=1S/C16H19N3O2/c1-11-12(4-3-7-16(11)19(20)21)8-18-9-13-5-2-6-15(17)14(13)10-18/h3-4,7,9-10,15H,2,5-6,8,17H2,1H3. The van der Waals surface area contributed by atoms with Crippen LogP contribution < -0.4 is 5.73 Å². The molecule has 5 heteroatoms. The van der Waals surface area contributed by atoms with Gasteiger partial charge >= 0.3 is 0 Å². The average Bonchev–Trinajstić information content (AvgIpc) is 2.85. The molecule has 1 atom stereocenters. The number of nitro groups is 1. The highest BCUT2D eigenvalue weighted by atomic mass is 16.6. The molecule has 0 spiro atoms. The van der Waals surface area contributed by atoms with Crippen molar-refractivity contribution in [2.45, 2.75) is 38.8 Å². The molecule has 0 fully saturated rings. The first kappa shape index (κ1) is 13.8. The predicted octanol–water partition coefficient (Wildman–Crippen LogP) is 3.09. The lowest BCUT2D eigenvalue weighted by atomic mass is 9.92. The molecule has 0 saturated heterocycles. The van der Waals surface area contributed by atoms with E-state index in [2.05, 4.69) is 17.0 Å². The van der Waals surface area contributed by atoms with E-state index < -0.39 is 0 Å². The van der Waals surface area contributed by atoms with E-state index >= 15 is 0 Å². The van der Waals surface area contributed by atoms with Crippen molar-refractivity contribution in [1.29, 1.82) is 0 Å². The third kappa shape index (κ3) is 2.56. The minimum absolute atomic E-state index is 0.126. The van der Waals surface area contributed by atoms with Crippen LogP contribution in [-0.4, -0.2) is 9.49 Å². The molecule has 5 nitrogen and oxygen atoms in total. The Balaban J connectivity index is 1.91. The molecule has 110 valence electrons. The zero-order chi connectivity index (χ0) is 15.0. The van der Waals surface area contributed by atoms with Crippen LogP contribution in [0.1, 0.15) is 41.1 Å². The summed E-state index contributed by atoms with van der Waals surface area (Å²) in [6, 6.07) is 5.37. The number of aryl methyl sites for hydroxylation is 1. The van der Waals surface area contributed by atoms with Crippen LogP contribution in [0.3, 0.4) is 0 Å². The predicted molar refractivity (Wildman–Crippen MR) is 81.2 cm³/mol. The molecule has 3 rings (SSSR count). The Morgan fingerprint density at radius 3 is 2.95 bits per heavy atom. The van der Waals surface area contributed by atoms with Gasteiger partial charge in [-0.25, -0.2) is 0 Å². The molecule has 0 aliphatic heterocycles. The molecule has 21 heavy (non-hydrogen) atoms. The van der Waals surface area contributed by atoms with Crippen LogP contribution in [0.2, 0.25) is 0 Å². The number of nitrogens with two attached hydrogens (primary N) is 1. The molecule has 2 aromatic rings. The molecule has 1 aliphatic rings. The van der Waals surface area contributed by atoms with Crippen LogP contribution in [0.4, 0.5) is 5.69 Å². The maximum Gasteiger partial charge on any atom is 0.272 e. The Labute approximate surface area is 123 Å². The van der Waals surface area contributed by atoms with Gasteiger partial charge in [0.1, 0.15) is 0 Å². The van der Waals surface area contributed by atoms with Crippen molar-refractivity contribution in [2.75, 3.05) is 0 Å². The van der Waals surface area contributed by atoms with E-state index in [1.807, 2.05) is 13.0 Å². The van der Waals surface area contributed by atoms with Gasteiger partial charge in [0, 0.05) is 36.6 Å². The number of rotatable bonds is 3. The van der Waals surface area contributed by atoms with Gasteiger partial charge in [0.2, 0.25) is 0 Å². The molecule has 1 unspecified atom stereocenters. The van der Waals surface area contributed by atoms with Crippen LogP contribution in [-0.2, 0) is 13.0 Å². The first-order chi connectivity index (χ1) is 10.1. The van der Waals surface area contributed by atoms with E-state index in [-0.39, 0.29) is 16.7 Å². The lowest BCUT2D eigenvalue weighted by Gasteiger charge is -2.17. The molecule has 1 aromatic heterocycles. The highest BCUT2D eigenvalue weighted by Crippen LogP contribution is 2.29. The lowest BCUT2D eigenvalue weighted by molar-refractivity contribution is -0.385. The van der Waals surface area contributed by atoms with Crippen LogP contribution in [0.25, 0.3) is 0 Å². The third-order valence-electron chi connectivity index (χ3n) is 4.33. The summed E-state index contributed by atoms with van der Waals surface area (Å²) in [5, 5.41) is 11.0. The molecular formula is C16H19N3O2. The van der Waals surface area contributed by atoms with Crippen molar-refractivity contribution in [3.63, 3.8) is 0 Å². The maximum atomic E-state index is 11.0. The Hall–Kier alpha value is -2.14. The van der Waals surface area contributed by atoms with Crippen LogP contribution in [0.15, 0.2) is 30.6 Å². The van der Waals surface area contributed by atoms with Crippen LogP contribution in [0, 0.1) is 17.0 Å². The fraction of sp³-hybridized carbons (Fsp3) is 0.375. The Bertz CT molecular complexity index is 691. The first-order valence-electron chi connectivity index (χ1n) is 7.23. The van der Waals surface area contributed by atoms with Gasteiger partial charge < -0.3 is 10.3 Å². The molecular weight excluding hydrogens is 266 g/mol. The van der Waals surface area contributed by atoms with E-state index in [0.717, 1.165) is 30.4 Å². The number of benzene rings is 1. The monoisotopic (exact) mass is 285 g/mol. The molecule has 1 aliphatic carbocycles. The van der Waals surface area contributed by atoms with E-state index in [4.69, 9.17) is 5.73 Å². The minimum Gasteiger partial charge on any atom is -0.349 e. The molecule has 0 bridgehead atoms. The topological polar surface area (TPSA) is 74.1 Å². The normalized spacial score (nSPS) is 17.5. The van der Waals surface area contributed by atoms with Crippen LogP contribution >= 0.6 is 0 Å². The minimum atomic E-state index is -0.324. The summed E-state index contributed by atoms with van der Waals surface area (Å²) in [4.78, 5) is 10.7. The number of aromatic nitrogens is 1. The highest BCUT2D eigenvalue weighted by Gasteiger charge is 2.19. The fourth-order valence-electron chi connectivity index (χ4n) is 3.11. The van der Waals surface area contributed by atoms with Crippen molar-refractivity contribution >= 4 is 5.69 Å². The lowest BCUT2D eigenvalue weighted by Crippen LogP contribution is -2.15. The summed E-state index contributed by atoms with van der Waals surface area (Å²) >= 11 is 0. The Morgan fingerprint density at radius 1 is 1.43 bits per heavy atom. The number of nitro benzene ring substituents is 1. The quantitative estimate of drug-likeness (QED) is 0.695. The van der Waals surface area contributed by atoms with Gasteiger partial charge in [-0.1, -0.05) is 12.1 Å². The highest BCUT2D eigenvalue weighted by molar-refractivity contribution is 5.44. The molecule has 2 N–H and O–H groups in total. The summed E-state index contributed by atoms with van der Waals surface area (Å²) in [6.07, 6.45) is 7.47. The van der Waals surface area contributed by atoms with E-state index in [1.54, 1.807) is 12.1 Å². The van der Waals surface area contributed by atoms with Crippen molar-refractivity contribution in [3.05, 3.63) is 63.0 Å². The van der Waals surface area contributed by atoms with Crippen molar-refractivity contribution in [3.8, 4) is 0 Å². The molecule has 0 amide bonds. The number of fused-ring (bicyclic) bond motifs is 1. The number of nitrogens with zero attached hydrogens (tertiary/aromatic N) is 2. The summed E-state index contributed by atoms with van der Waals surface area (Å²) in [6.45, 7) is 2.45. The second-order valence-corrected chi connectivity index (χ2v) is 5.73. The number of hydrogen-bond donors (Lipinski definition) is 1. The van der Waals surface area contributed by atoms with Crippen molar-refractivity contribution in [2.24, 2.45) is 5.73 Å². The SMILES string of the molecule is Cc1c(Cn2cc3c(c2)C(N)CCC3)cccc1[N+](=O)[O-]. The number of hydrogen-bond acceptors (Lipinski definition) is 3. The molecule has 1 heterocycles. The maximum absolute atomic E-state index is 11.0. The zero-order valence-electron chi connectivity index (χ0n) is 12.1. The zero-order valence-corrected chi connectivity index (χ0v) is 12.1. The van der Waals surface area contributed by atoms with Gasteiger partial charge in [0.25, 0.3) is 5.69 Å². The van der Waals surface area contributed by atoms with Crippen molar-refractivity contribution < 1.29 is 4.92 Å². The summed E-state index contributed by atoms with van der Waals surface area (Å²) in [7, 11) is 0. The Kier molecular flexibility index (Phi) is 3.51. The van der Waals surface area contributed by atoms with Gasteiger partial charge in [-0.05, 0) is 42.9 Å². The van der Waals surface area contributed by atoms with Gasteiger partial charge in [0.05, 0.1) is 4.92 Å². The molecule has 0 saturated carbocycles. The largest absolute Gasteiger partial charge is 0.349 e. The first-order valence-corrected chi connectivity index (χ1v) is 7.23. The van der Waals surface area contributed by atoms with E-state index in [1.165, 1.54) is 11.1 Å². The van der Waals surface area contributed by atoms with Gasteiger partial charge in [-0.3, -0.25) is 10.1 Å². The molecule has 1 aromatic carbocycles. The van der Waals surface area contributed by atoms with Gasteiger partial charge in [0.15, 0.2) is 0 Å². The van der Waals surface area contributed by atoms with Crippen molar-refractivity contribution in [1.82, 2.24) is 4.57 Å². The summed E-state index contributed by atoms with van der Waals surface area (Å²) < 4.78 is 2.10. The second-order valence-electron chi connectivity index (χ2n) is 5.73. The van der Waals surface area contributed by atoms with E-state index in [0.29, 0.717) is 6.54 Å². The second kappa shape index (κ2) is 5.33. The Morgan fingerprint density at radius 2 is 2.24 bits per heavy atom. The third-order valence-corrected chi connectivity index (χ3v) is 4.33. The van der Waals surface area contributed by atoms with Gasteiger partial charge in [-0.15, -0.1) is 0 Å². The smallest absolute Gasteiger partial charge is 0.272 e. The summed E-state index contributed by atoms with van der Waals surface area (Å²) in [5.74, 6) is 0. The average molecular weight is 285 g/mol. The summed E-state index contributed by atoms with van der Waals surface area (Å²) in [5.41, 5.74) is 10.6. The fourth-order valence-corrected chi connectivity index (χ4v) is 3.11.